The molecule has 7 heteroatoms. The van der Waals surface area contributed by atoms with Gasteiger partial charge >= 0.3 is 0 Å². The van der Waals surface area contributed by atoms with E-state index in [1.54, 1.807) is 19.5 Å². The molecule has 0 fully saturated rings. The highest BCUT2D eigenvalue weighted by Gasteiger charge is 2.14. The molecule has 7 nitrogen and oxygen atoms in total. The highest BCUT2D eigenvalue weighted by Crippen LogP contribution is 2.33. The van der Waals surface area contributed by atoms with E-state index in [-0.39, 0.29) is 6.61 Å². The maximum atomic E-state index is 5.92. The summed E-state index contributed by atoms with van der Waals surface area (Å²) < 4.78 is 16.4. The first kappa shape index (κ1) is 20.4. The van der Waals surface area contributed by atoms with Gasteiger partial charge in [0.2, 0.25) is 0 Å². The standard InChI is InChI=1S/C18H20N4O3.C2H6/c1-4-5-16-21-17(25-22-16)11-24-15-10-13(23-3)6-7-14(15)18-12(2)19-8-9-20-18;1-2/h6-10H,4-5,11H2,1-3H3;1-2H3. The van der Waals surface area contributed by atoms with E-state index in [1.165, 1.54) is 0 Å². The van der Waals surface area contributed by atoms with Crippen molar-refractivity contribution in [3.05, 3.63) is 48.0 Å². The van der Waals surface area contributed by atoms with Gasteiger partial charge in [-0.2, -0.15) is 4.98 Å². The highest BCUT2D eigenvalue weighted by molar-refractivity contribution is 5.70. The Balaban J connectivity index is 0.00000126. The lowest BCUT2D eigenvalue weighted by molar-refractivity contribution is 0.242. The molecule has 0 spiro atoms. The third-order valence-electron chi connectivity index (χ3n) is 3.66. The lowest BCUT2D eigenvalue weighted by Crippen LogP contribution is -2.00. The van der Waals surface area contributed by atoms with E-state index < -0.39 is 0 Å². The molecule has 0 aliphatic heterocycles. The predicted molar refractivity (Wildman–Crippen MR) is 103 cm³/mol. The fourth-order valence-electron chi connectivity index (χ4n) is 2.43. The first-order valence-electron chi connectivity index (χ1n) is 9.11. The summed E-state index contributed by atoms with van der Waals surface area (Å²) in [6.45, 7) is 8.15. The van der Waals surface area contributed by atoms with Gasteiger partial charge in [-0.15, -0.1) is 0 Å². The second-order valence-corrected chi connectivity index (χ2v) is 5.50. The zero-order chi connectivity index (χ0) is 19.6. The third-order valence-corrected chi connectivity index (χ3v) is 3.66. The van der Waals surface area contributed by atoms with E-state index >= 15 is 0 Å². The molecule has 0 N–H and O–H groups in total. The van der Waals surface area contributed by atoms with Gasteiger partial charge in [-0.3, -0.25) is 9.97 Å². The molecular formula is C20H26N4O3. The van der Waals surface area contributed by atoms with Gasteiger partial charge in [0.1, 0.15) is 11.5 Å². The summed E-state index contributed by atoms with van der Waals surface area (Å²) in [7, 11) is 1.61. The van der Waals surface area contributed by atoms with Crippen LogP contribution in [0.5, 0.6) is 11.5 Å². The van der Waals surface area contributed by atoms with Crippen molar-refractivity contribution in [1.82, 2.24) is 20.1 Å². The summed E-state index contributed by atoms with van der Waals surface area (Å²) >= 11 is 0. The average molecular weight is 370 g/mol. The van der Waals surface area contributed by atoms with Crippen molar-refractivity contribution in [2.45, 2.75) is 47.1 Å². The number of methoxy groups -OCH3 is 1. The number of ether oxygens (including phenoxy) is 2. The minimum Gasteiger partial charge on any atom is -0.497 e. The average Bonchev–Trinajstić information content (AvgIpc) is 3.16. The van der Waals surface area contributed by atoms with Gasteiger partial charge in [-0.1, -0.05) is 25.9 Å². The zero-order valence-corrected chi connectivity index (χ0v) is 16.5. The number of nitrogens with zero attached hydrogens (tertiary/aromatic N) is 4. The Bertz CT molecular complexity index is 849. The number of aryl methyl sites for hydroxylation is 2. The van der Waals surface area contributed by atoms with Crippen LogP contribution in [0.3, 0.4) is 0 Å². The van der Waals surface area contributed by atoms with E-state index in [0.29, 0.717) is 23.2 Å². The van der Waals surface area contributed by atoms with Gasteiger partial charge in [0.15, 0.2) is 12.4 Å². The first-order chi connectivity index (χ1) is 13.2. The molecule has 0 bridgehead atoms. The predicted octanol–water partition coefficient (Wildman–Crippen LogP) is 4.40. The van der Waals surface area contributed by atoms with Gasteiger partial charge in [0.05, 0.1) is 18.5 Å². The van der Waals surface area contributed by atoms with E-state index in [4.69, 9.17) is 14.0 Å². The second kappa shape index (κ2) is 10.3. The summed E-state index contributed by atoms with van der Waals surface area (Å²) in [6.07, 6.45) is 5.07. The van der Waals surface area contributed by atoms with Crippen LogP contribution in [0, 0.1) is 6.92 Å². The first-order valence-corrected chi connectivity index (χ1v) is 9.11. The molecule has 0 saturated carbocycles. The smallest absolute Gasteiger partial charge is 0.264 e. The van der Waals surface area contributed by atoms with Gasteiger partial charge in [-0.05, 0) is 25.5 Å². The van der Waals surface area contributed by atoms with Gasteiger partial charge in [0.25, 0.3) is 5.89 Å². The van der Waals surface area contributed by atoms with Crippen molar-refractivity contribution in [3.63, 3.8) is 0 Å². The molecule has 2 aromatic heterocycles. The summed E-state index contributed by atoms with van der Waals surface area (Å²) in [4.78, 5) is 13.0. The summed E-state index contributed by atoms with van der Waals surface area (Å²) in [5, 5.41) is 3.93. The van der Waals surface area contributed by atoms with E-state index in [0.717, 1.165) is 29.8 Å². The van der Waals surface area contributed by atoms with Gasteiger partial charge < -0.3 is 14.0 Å². The zero-order valence-electron chi connectivity index (χ0n) is 16.5. The molecular weight excluding hydrogens is 344 g/mol. The number of aromatic nitrogens is 4. The highest BCUT2D eigenvalue weighted by atomic mass is 16.5. The molecule has 1 aromatic carbocycles. The van der Waals surface area contributed by atoms with Crippen LogP contribution in [0.25, 0.3) is 11.3 Å². The van der Waals surface area contributed by atoms with Crippen LogP contribution in [0.2, 0.25) is 0 Å². The molecule has 3 rings (SSSR count). The van der Waals surface area contributed by atoms with E-state index in [2.05, 4.69) is 27.0 Å². The van der Waals surface area contributed by atoms with Crippen molar-refractivity contribution in [3.8, 4) is 22.8 Å². The van der Waals surface area contributed by atoms with Crippen molar-refractivity contribution in [1.29, 1.82) is 0 Å². The molecule has 27 heavy (non-hydrogen) atoms. The van der Waals surface area contributed by atoms with Crippen LogP contribution in [0.15, 0.2) is 35.1 Å². The molecule has 0 aliphatic rings. The monoisotopic (exact) mass is 370 g/mol. The summed E-state index contributed by atoms with van der Waals surface area (Å²) in [6, 6.07) is 5.58. The fourth-order valence-corrected chi connectivity index (χ4v) is 2.43. The Labute approximate surface area is 159 Å². The maximum absolute atomic E-state index is 5.92. The lowest BCUT2D eigenvalue weighted by Gasteiger charge is -2.12. The van der Waals surface area contributed by atoms with Crippen molar-refractivity contribution in [2.24, 2.45) is 0 Å². The Morgan fingerprint density at radius 2 is 1.89 bits per heavy atom. The van der Waals surface area contributed by atoms with Crippen molar-refractivity contribution in [2.75, 3.05) is 7.11 Å². The van der Waals surface area contributed by atoms with Crippen molar-refractivity contribution < 1.29 is 14.0 Å². The summed E-state index contributed by atoms with van der Waals surface area (Å²) in [5.74, 6) is 2.44. The Morgan fingerprint density at radius 1 is 1.11 bits per heavy atom. The number of benzene rings is 1. The van der Waals surface area contributed by atoms with Crippen LogP contribution in [-0.2, 0) is 13.0 Å². The fraction of sp³-hybridized carbons (Fsp3) is 0.400. The maximum Gasteiger partial charge on any atom is 0.264 e. The Hall–Kier alpha value is -2.96. The van der Waals surface area contributed by atoms with Gasteiger partial charge in [-0.25, -0.2) is 0 Å². The number of hydrogen-bond acceptors (Lipinski definition) is 7. The molecule has 0 amide bonds. The van der Waals surface area contributed by atoms with Crippen LogP contribution >= 0.6 is 0 Å². The number of rotatable bonds is 7. The second-order valence-electron chi connectivity index (χ2n) is 5.50. The molecule has 0 radical (unpaired) electrons. The van der Waals surface area contributed by atoms with Crippen LogP contribution in [0.1, 0.15) is 44.6 Å². The topological polar surface area (TPSA) is 83.2 Å². The quantitative estimate of drug-likeness (QED) is 0.609. The third kappa shape index (κ3) is 5.26. The molecule has 0 atom stereocenters. The summed E-state index contributed by atoms with van der Waals surface area (Å²) in [5.41, 5.74) is 2.41. The molecule has 0 saturated heterocycles. The minimum absolute atomic E-state index is 0.177. The SMILES string of the molecule is CC.CCCc1noc(COc2cc(OC)ccc2-c2nccnc2C)n1. The Kier molecular flexibility index (Phi) is 7.73. The van der Waals surface area contributed by atoms with E-state index in [1.807, 2.05) is 39.0 Å². The molecule has 144 valence electrons. The molecule has 3 aromatic rings. The lowest BCUT2D eigenvalue weighted by atomic mass is 10.1. The van der Waals surface area contributed by atoms with E-state index in [9.17, 15) is 0 Å². The van der Waals surface area contributed by atoms with Crippen LogP contribution < -0.4 is 9.47 Å². The molecule has 0 unspecified atom stereocenters. The van der Waals surface area contributed by atoms with Crippen LogP contribution in [-0.4, -0.2) is 27.2 Å². The van der Waals surface area contributed by atoms with Crippen LogP contribution in [0.4, 0.5) is 0 Å². The van der Waals surface area contributed by atoms with Crippen molar-refractivity contribution >= 4 is 0 Å². The van der Waals surface area contributed by atoms with Gasteiger partial charge in [0, 0.05) is 30.4 Å². The number of hydrogen-bond donors (Lipinski definition) is 0. The largest absolute Gasteiger partial charge is 0.497 e. The molecule has 0 aliphatic carbocycles. The minimum atomic E-state index is 0.177. The molecule has 2 heterocycles. The Morgan fingerprint density at radius 3 is 2.59 bits per heavy atom. The normalized spacial score (nSPS) is 10.1.